The highest BCUT2D eigenvalue weighted by atomic mass is 16.4. The summed E-state index contributed by atoms with van der Waals surface area (Å²) in [5.41, 5.74) is 7.90. The minimum atomic E-state index is 0.296. The van der Waals surface area contributed by atoms with Crippen molar-refractivity contribution in [2.45, 2.75) is 45.2 Å². The second kappa shape index (κ2) is 6.06. The number of rotatable bonds is 7. The molecule has 6 nitrogen and oxygen atoms in total. The number of hydrogen-bond acceptors (Lipinski definition) is 4. The zero-order chi connectivity index (χ0) is 13.8. The molecule has 1 heterocycles. The first kappa shape index (κ1) is 13.9. The smallest absolute Gasteiger partial charge is 0.140 e. The summed E-state index contributed by atoms with van der Waals surface area (Å²) < 4.78 is 1.96. The van der Waals surface area contributed by atoms with Crippen molar-refractivity contribution in [2.24, 2.45) is 17.9 Å². The fraction of sp³-hybridized carbons (Fsp3) is 0.692. The minimum Gasteiger partial charge on any atom is -0.409 e. The van der Waals surface area contributed by atoms with Gasteiger partial charge in [-0.25, -0.2) is 0 Å². The maximum absolute atomic E-state index is 8.60. The third-order valence-electron chi connectivity index (χ3n) is 3.60. The molecular weight excluding hydrogens is 242 g/mol. The summed E-state index contributed by atoms with van der Waals surface area (Å²) in [5, 5.41) is 16.1. The molecule has 1 aliphatic rings. The molecule has 3 N–H and O–H groups in total. The molecule has 1 aromatic rings. The highest BCUT2D eigenvalue weighted by molar-refractivity contribution is 5.79. The Hall–Kier alpha value is -1.56. The van der Waals surface area contributed by atoms with Gasteiger partial charge in [0.2, 0.25) is 0 Å². The van der Waals surface area contributed by atoms with E-state index in [0.29, 0.717) is 18.3 Å². The lowest BCUT2D eigenvalue weighted by atomic mass is 10.2. The Kier molecular flexibility index (Phi) is 4.42. The van der Waals surface area contributed by atoms with E-state index in [1.165, 1.54) is 18.5 Å². The van der Waals surface area contributed by atoms with Crippen LogP contribution in [0.4, 0.5) is 0 Å². The number of hydrogen-bond donors (Lipinski definition) is 2. The Bertz CT molecular complexity index is 450. The average Bonchev–Trinajstić information content (AvgIpc) is 3.19. The monoisotopic (exact) mass is 265 g/mol. The molecule has 0 amide bonds. The lowest BCUT2D eigenvalue weighted by Crippen LogP contribution is -2.30. The van der Waals surface area contributed by atoms with Crippen LogP contribution >= 0.6 is 0 Å². The van der Waals surface area contributed by atoms with Crippen LogP contribution in [0.25, 0.3) is 0 Å². The summed E-state index contributed by atoms with van der Waals surface area (Å²) in [4.78, 5) is 2.40. The van der Waals surface area contributed by atoms with Crippen LogP contribution in [-0.4, -0.2) is 38.3 Å². The van der Waals surface area contributed by atoms with Gasteiger partial charge in [0.05, 0.1) is 11.4 Å². The summed E-state index contributed by atoms with van der Waals surface area (Å²) in [6, 6.07) is 2.81. The molecule has 0 bridgehead atoms. The molecule has 0 radical (unpaired) electrons. The van der Waals surface area contributed by atoms with Crippen molar-refractivity contribution < 1.29 is 5.21 Å². The second-order valence-electron chi connectivity index (χ2n) is 5.15. The van der Waals surface area contributed by atoms with Gasteiger partial charge in [-0.1, -0.05) is 12.1 Å². The number of oxime groups is 1. The number of aryl methyl sites for hydroxylation is 2. The van der Waals surface area contributed by atoms with Crippen molar-refractivity contribution in [1.29, 1.82) is 0 Å². The molecule has 0 spiro atoms. The van der Waals surface area contributed by atoms with E-state index in [9.17, 15) is 0 Å². The maximum atomic E-state index is 8.60. The lowest BCUT2D eigenvalue weighted by molar-refractivity contribution is 0.253. The average molecular weight is 265 g/mol. The molecule has 0 saturated heterocycles. The van der Waals surface area contributed by atoms with Crippen LogP contribution in [0.2, 0.25) is 0 Å². The molecule has 0 aromatic carbocycles. The number of amidine groups is 1. The number of aromatic nitrogens is 2. The van der Waals surface area contributed by atoms with Crippen LogP contribution < -0.4 is 5.73 Å². The highest BCUT2D eigenvalue weighted by Crippen LogP contribution is 2.28. The minimum absolute atomic E-state index is 0.296. The van der Waals surface area contributed by atoms with Gasteiger partial charge in [-0.05, 0) is 25.3 Å². The zero-order valence-corrected chi connectivity index (χ0v) is 11.7. The maximum Gasteiger partial charge on any atom is 0.140 e. The van der Waals surface area contributed by atoms with Gasteiger partial charge in [0.1, 0.15) is 5.84 Å². The standard InChI is InChI=1S/C13H23N5O/c1-3-10-8-12(17(2)15-10)9-18(11-4-5-11)7-6-13(14)16-19/h8,11,19H,3-7,9H2,1-2H3,(H2,14,16). The van der Waals surface area contributed by atoms with E-state index in [0.717, 1.165) is 25.2 Å². The van der Waals surface area contributed by atoms with Crippen LogP contribution in [0, 0.1) is 0 Å². The predicted octanol–water partition coefficient (Wildman–Crippen LogP) is 1.08. The second-order valence-corrected chi connectivity index (χ2v) is 5.15. The van der Waals surface area contributed by atoms with Crippen molar-refractivity contribution in [3.8, 4) is 0 Å². The van der Waals surface area contributed by atoms with E-state index in [4.69, 9.17) is 10.9 Å². The van der Waals surface area contributed by atoms with Crippen LogP contribution in [-0.2, 0) is 20.0 Å². The zero-order valence-electron chi connectivity index (χ0n) is 11.7. The van der Waals surface area contributed by atoms with Gasteiger partial charge in [-0.2, -0.15) is 5.10 Å². The molecule has 1 aromatic heterocycles. The van der Waals surface area contributed by atoms with Gasteiger partial charge in [0.25, 0.3) is 0 Å². The van der Waals surface area contributed by atoms with Crippen molar-refractivity contribution in [2.75, 3.05) is 6.54 Å². The van der Waals surface area contributed by atoms with E-state index >= 15 is 0 Å². The first-order valence-electron chi connectivity index (χ1n) is 6.86. The fourth-order valence-electron chi connectivity index (χ4n) is 2.24. The first-order valence-corrected chi connectivity index (χ1v) is 6.86. The third-order valence-corrected chi connectivity index (χ3v) is 3.60. The van der Waals surface area contributed by atoms with E-state index in [-0.39, 0.29) is 0 Å². The molecule has 6 heteroatoms. The number of nitrogens with two attached hydrogens (primary N) is 1. The molecular formula is C13H23N5O. The van der Waals surface area contributed by atoms with Crippen molar-refractivity contribution in [3.63, 3.8) is 0 Å². The Labute approximate surface area is 113 Å². The van der Waals surface area contributed by atoms with Crippen LogP contribution in [0.5, 0.6) is 0 Å². The predicted molar refractivity (Wildman–Crippen MR) is 74.0 cm³/mol. The van der Waals surface area contributed by atoms with Crippen molar-refractivity contribution in [3.05, 3.63) is 17.5 Å². The summed E-state index contributed by atoms with van der Waals surface area (Å²) in [6.45, 7) is 3.82. The molecule has 2 rings (SSSR count). The summed E-state index contributed by atoms with van der Waals surface area (Å²) in [5.74, 6) is 0.296. The molecule has 0 aliphatic heterocycles. The molecule has 0 atom stereocenters. The largest absolute Gasteiger partial charge is 0.409 e. The Balaban J connectivity index is 1.97. The lowest BCUT2D eigenvalue weighted by Gasteiger charge is -2.21. The van der Waals surface area contributed by atoms with Crippen molar-refractivity contribution >= 4 is 5.84 Å². The van der Waals surface area contributed by atoms with Gasteiger partial charge in [0.15, 0.2) is 0 Å². The third kappa shape index (κ3) is 3.70. The van der Waals surface area contributed by atoms with E-state index in [1.807, 2.05) is 11.7 Å². The summed E-state index contributed by atoms with van der Waals surface area (Å²) >= 11 is 0. The highest BCUT2D eigenvalue weighted by Gasteiger charge is 2.29. The molecule has 19 heavy (non-hydrogen) atoms. The summed E-state index contributed by atoms with van der Waals surface area (Å²) in [7, 11) is 1.99. The van der Waals surface area contributed by atoms with Gasteiger partial charge < -0.3 is 10.9 Å². The van der Waals surface area contributed by atoms with Gasteiger partial charge in [-0.15, -0.1) is 0 Å². The van der Waals surface area contributed by atoms with Gasteiger partial charge >= 0.3 is 0 Å². The Morgan fingerprint density at radius 1 is 1.63 bits per heavy atom. The van der Waals surface area contributed by atoms with E-state index in [1.54, 1.807) is 0 Å². The van der Waals surface area contributed by atoms with Crippen LogP contribution in [0.3, 0.4) is 0 Å². The Morgan fingerprint density at radius 3 is 2.89 bits per heavy atom. The quantitative estimate of drug-likeness (QED) is 0.335. The van der Waals surface area contributed by atoms with E-state index < -0.39 is 0 Å². The molecule has 106 valence electrons. The molecule has 1 saturated carbocycles. The normalized spacial score (nSPS) is 16.3. The molecule has 0 unspecified atom stereocenters. The fourth-order valence-corrected chi connectivity index (χ4v) is 2.24. The topological polar surface area (TPSA) is 79.7 Å². The van der Waals surface area contributed by atoms with E-state index in [2.05, 4.69) is 28.1 Å². The van der Waals surface area contributed by atoms with Crippen molar-refractivity contribution in [1.82, 2.24) is 14.7 Å². The van der Waals surface area contributed by atoms with Crippen LogP contribution in [0.15, 0.2) is 11.2 Å². The first-order chi connectivity index (χ1) is 9.13. The molecule has 1 fully saturated rings. The SMILES string of the molecule is CCc1cc(CN(CCC(N)=NO)C2CC2)n(C)n1. The summed E-state index contributed by atoms with van der Waals surface area (Å²) in [6.07, 6.45) is 4.05. The van der Waals surface area contributed by atoms with Crippen LogP contribution in [0.1, 0.15) is 37.6 Å². The molecule has 1 aliphatic carbocycles. The Morgan fingerprint density at radius 2 is 2.37 bits per heavy atom. The number of nitrogens with zero attached hydrogens (tertiary/aromatic N) is 4. The van der Waals surface area contributed by atoms with Gasteiger partial charge in [0, 0.05) is 32.6 Å². The van der Waals surface area contributed by atoms with Gasteiger partial charge in [-0.3, -0.25) is 9.58 Å².